The monoisotopic (exact) mass is 396 g/mol. The highest BCUT2D eigenvalue weighted by atomic mass is 19.1. The summed E-state index contributed by atoms with van der Waals surface area (Å²) in [7, 11) is 0. The van der Waals surface area contributed by atoms with Gasteiger partial charge in [0, 0.05) is 19.0 Å². The number of nitrogens with zero attached hydrogens (tertiary/aromatic N) is 4. The van der Waals surface area contributed by atoms with Crippen molar-refractivity contribution in [3.05, 3.63) is 47.0 Å². The van der Waals surface area contributed by atoms with Crippen LogP contribution in [-0.4, -0.2) is 52.0 Å². The average molecular weight is 396 g/mol. The molecule has 0 unspecified atom stereocenters. The van der Waals surface area contributed by atoms with Gasteiger partial charge >= 0.3 is 5.97 Å². The molecule has 29 heavy (non-hydrogen) atoms. The van der Waals surface area contributed by atoms with Crippen LogP contribution in [0.15, 0.2) is 24.3 Å². The third-order valence-corrected chi connectivity index (χ3v) is 5.57. The van der Waals surface area contributed by atoms with E-state index in [1.165, 1.54) is 12.1 Å². The van der Waals surface area contributed by atoms with Crippen LogP contribution in [0.3, 0.4) is 0 Å². The van der Waals surface area contributed by atoms with Crippen LogP contribution in [0, 0.1) is 12.7 Å². The molecule has 5 rings (SSSR count). The molecule has 0 amide bonds. The van der Waals surface area contributed by atoms with Gasteiger partial charge in [-0.3, -0.25) is 0 Å². The predicted molar refractivity (Wildman–Crippen MR) is 105 cm³/mol. The molecule has 1 aromatic carbocycles. The van der Waals surface area contributed by atoms with E-state index in [9.17, 15) is 14.3 Å². The van der Waals surface area contributed by atoms with Gasteiger partial charge < -0.3 is 14.7 Å². The minimum Gasteiger partial charge on any atom is -0.478 e. The van der Waals surface area contributed by atoms with Crippen LogP contribution in [0.4, 0.5) is 10.2 Å². The zero-order chi connectivity index (χ0) is 20.1. The van der Waals surface area contributed by atoms with E-state index in [4.69, 9.17) is 14.8 Å². The van der Waals surface area contributed by atoms with Crippen molar-refractivity contribution in [2.45, 2.75) is 25.7 Å². The second-order valence-corrected chi connectivity index (χ2v) is 7.67. The Labute approximate surface area is 166 Å². The molecule has 0 atom stereocenters. The topological polar surface area (TPSA) is 80.0 Å². The van der Waals surface area contributed by atoms with Crippen LogP contribution in [0.1, 0.15) is 40.5 Å². The zero-order valence-electron chi connectivity index (χ0n) is 16.1. The fourth-order valence-electron chi connectivity index (χ4n) is 3.82. The van der Waals surface area contributed by atoms with Crippen LogP contribution in [-0.2, 0) is 4.74 Å². The van der Waals surface area contributed by atoms with E-state index in [0.717, 1.165) is 43.1 Å². The second-order valence-electron chi connectivity index (χ2n) is 7.67. The van der Waals surface area contributed by atoms with Gasteiger partial charge in [0.15, 0.2) is 11.5 Å². The number of hydrogen-bond acceptors (Lipinski definition) is 5. The number of carboxylic acid groups (broad SMARTS) is 1. The first-order valence-corrected chi connectivity index (χ1v) is 9.78. The van der Waals surface area contributed by atoms with Gasteiger partial charge in [-0.25, -0.2) is 14.2 Å². The number of ether oxygens (including phenoxy) is 1. The quantitative estimate of drug-likeness (QED) is 0.729. The van der Waals surface area contributed by atoms with E-state index in [0.29, 0.717) is 35.9 Å². The lowest BCUT2D eigenvalue weighted by molar-refractivity contribution is 0.0692. The SMILES string of the molecule is Cc1cc(F)c(C(=O)O)cc1-c1cc(N2CCOCC2)n2nc(C3CC3)nc2c1. The number of fused-ring (bicyclic) bond motifs is 1. The molecule has 8 heteroatoms. The molecule has 1 aliphatic heterocycles. The summed E-state index contributed by atoms with van der Waals surface area (Å²) in [6, 6.07) is 6.56. The number of anilines is 1. The molecule has 0 spiro atoms. The summed E-state index contributed by atoms with van der Waals surface area (Å²) in [5, 5.41) is 14.1. The lowest BCUT2D eigenvalue weighted by Crippen LogP contribution is -2.37. The molecule has 1 saturated heterocycles. The first-order chi connectivity index (χ1) is 14.0. The van der Waals surface area contributed by atoms with Crippen molar-refractivity contribution in [2.24, 2.45) is 0 Å². The first-order valence-electron chi connectivity index (χ1n) is 9.78. The molecule has 7 nitrogen and oxygen atoms in total. The number of aromatic nitrogens is 3. The maximum Gasteiger partial charge on any atom is 0.338 e. The van der Waals surface area contributed by atoms with Crippen LogP contribution >= 0.6 is 0 Å². The summed E-state index contributed by atoms with van der Waals surface area (Å²) in [5.74, 6) is 0.144. The number of halogens is 1. The Balaban J connectivity index is 1.70. The summed E-state index contributed by atoms with van der Waals surface area (Å²) in [5.41, 5.74) is 2.53. The van der Waals surface area contributed by atoms with Gasteiger partial charge in [-0.05, 0) is 60.7 Å². The lowest BCUT2D eigenvalue weighted by Gasteiger charge is -2.29. The van der Waals surface area contributed by atoms with E-state index in [1.54, 1.807) is 6.92 Å². The standard InChI is InChI=1S/C21H21FN4O3/c1-12-8-17(22)16(21(27)28)11-15(12)14-9-18-23-20(13-2-3-13)24-26(18)19(10-14)25-4-6-29-7-5-25/h8-11,13H,2-7H2,1H3,(H,27,28). The fraction of sp³-hybridized carbons (Fsp3) is 0.381. The minimum atomic E-state index is -1.28. The Kier molecular flexibility index (Phi) is 4.24. The highest BCUT2D eigenvalue weighted by molar-refractivity contribution is 5.90. The number of hydrogen-bond donors (Lipinski definition) is 1. The average Bonchev–Trinajstić information content (AvgIpc) is 3.46. The van der Waals surface area contributed by atoms with Crippen molar-refractivity contribution in [3.8, 4) is 11.1 Å². The Bertz CT molecular complexity index is 1120. The molecule has 1 aliphatic carbocycles. The molecule has 150 valence electrons. The number of aryl methyl sites for hydroxylation is 1. The Hall–Kier alpha value is -3.00. The smallest absolute Gasteiger partial charge is 0.338 e. The number of carbonyl (C=O) groups is 1. The molecule has 2 aliphatic rings. The molecule has 3 aromatic rings. The third-order valence-electron chi connectivity index (χ3n) is 5.57. The number of rotatable bonds is 4. The molecular formula is C21H21FN4O3. The van der Waals surface area contributed by atoms with Gasteiger partial charge in [0.1, 0.15) is 11.6 Å². The van der Waals surface area contributed by atoms with Crippen LogP contribution in [0.25, 0.3) is 16.8 Å². The van der Waals surface area contributed by atoms with E-state index in [-0.39, 0.29) is 5.56 Å². The van der Waals surface area contributed by atoms with Gasteiger partial charge in [0.25, 0.3) is 0 Å². The third kappa shape index (κ3) is 3.23. The van der Waals surface area contributed by atoms with Crippen molar-refractivity contribution >= 4 is 17.4 Å². The Morgan fingerprint density at radius 1 is 1.21 bits per heavy atom. The van der Waals surface area contributed by atoms with Crippen molar-refractivity contribution in [1.82, 2.24) is 14.6 Å². The molecular weight excluding hydrogens is 375 g/mol. The number of pyridine rings is 1. The number of morpholine rings is 1. The molecule has 0 bridgehead atoms. The van der Waals surface area contributed by atoms with Gasteiger partial charge in [0.05, 0.1) is 18.8 Å². The van der Waals surface area contributed by atoms with Crippen molar-refractivity contribution in [2.75, 3.05) is 31.2 Å². The van der Waals surface area contributed by atoms with E-state index in [2.05, 4.69) is 4.90 Å². The summed E-state index contributed by atoms with van der Waals surface area (Å²) in [6.45, 7) is 4.52. The molecule has 2 aromatic heterocycles. The lowest BCUT2D eigenvalue weighted by atomic mass is 9.98. The predicted octanol–water partition coefficient (Wildman–Crippen LogP) is 3.26. The summed E-state index contributed by atoms with van der Waals surface area (Å²) < 4.78 is 21.4. The van der Waals surface area contributed by atoms with E-state index in [1.807, 2.05) is 16.6 Å². The molecule has 1 saturated carbocycles. The minimum absolute atomic E-state index is 0.335. The summed E-state index contributed by atoms with van der Waals surface area (Å²) in [6.07, 6.45) is 2.21. The Morgan fingerprint density at radius 3 is 2.66 bits per heavy atom. The number of benzene rings is 1. The van der Waals surface area contributed by atoms with Gasteiger partial charge in [0.2, 0.25) is 0 Å². The first kappa shape index (κ1) is 18.1. The fourth-order valence-corrected chi connectivity index (χ4v) is 3.82. The number of aromatic carboxylic acids is 1. The molecule has 2 fully saturated rings. The van der Waals surface area contributed by atoms with E-state index < -0.39 is 11.8 Å². The largest absolute Gasteiger partial charge is 0.478 e. The zero-order valence-corrected chi connectivity index (χ0v) is 16.1. The van der Waals surface area contributed by atoms with Crippen molar-refractivity contribution in [3.63, 3.8) is 0 Å². The maximum atomic E-state index is 14.1. The van der Waals surface area contributed by atoms with Crippen molar-refractivity contribution < 1.29 is 19.0 Å². The number of carboxylic acids is 1. The normalized spacial score (nSPS) is 17.1. The van der Waals surface area contributed by atoms with Crippen molar-refractivity contribution in [1.29, 1.82) is 0 Å². The summed E-state index contributed by atoms with van der Waals surface area (Å²) in [4.78, 5) is 18.4. The Morgan fingerprint density at radius 2 is 1.97 bits per heavy atom. The molecule has 3 heterocycles. The second kappa shape index (κ2) is 6.81. The molecule has 0 radical (unpaired) electrons. The van der Waals surface area contributed by atoms with Crippen LogP contribution in [0.5, 0.6) is 0 Å². The van der Waals surface area contributed by atoms with Gasteiger partial charge in [-0.1, -0.05) is 0 Å². The highest BCUT2D eigenvalue weighted by Crippen LogP contribution is 2.39. The highest BCUT2D eigenvalue weighted by Gasteiger charge is 2.29. The van der Waals surface area contributed by atoms with Gasteiger partial charge in [-0.15, -0.1) is 5.10 Å². The maximum absolute atomic E-state index is 14.1. The summed E-state index contributed by atoms with van der Waals surface area (Å²) >= 11 is 0. The van der Waals surface area contributed by atoms with Gasteiger partial charge in [-0.2, -0.15) is 4.52 Å². The van der Waals surface area contributed by atoms with Crippen LogP contribution in [0.2, 0.25) is 0 Å². The van der Waals surface area contributed by atoms with E-state index >= 15 is 0 Å². The molecule has 1 N–H and O–H groups in total. The van der Waals surface area contributed by atoms with Crippen LogP contribution < -0.4 is 4.90 Å².